The predicted octanol–water partition coefficient (Wildman–Crippen LogP) is 19.0. The number of carbonyl (C=O) groups excluding carboxylic acids is 1. The largest absolute Gasteiger partial charge is 0.465 e. The van der Waals surface area contributed by atoms with Crippen molar-refractivity contribution in [2.24, 2.45) is 23.3 Å². The van der Waals surface area contributed by atoms with Crippen LogP contribution in [0.15, 0.2) is 0 Å². The highest BCUT2D eigenvalue weighted by Crippen LogP contribution is 2.26. The minimum atomic E-state index is -0.527. The summed E-state index contributed by atoms with van der Waals surface area (Å²) in [5.74, 6) is 1.39. The number of hydrogen-bond acceptors (Lipinski definition) is 8. The second-order valence-electron chi connectivity index (χ2n) is 25.0. The summed E-state index contributed by atoms with van der Waals surface area (Å²) in [7, 11) is 0. The molecule has 0 aliphatic heterocycles. The van der Waals surface area contributed by atoms with Gasteiger partial charge in [-0.3, -0.25) is 4.79 Å². The van der Waals surface area contributed by atoms with Crippen LogP contribution in [0.5, 0.6) is 0 Å². The Balaban J connectivity index is 4.81. The van der Waals surface area contributed by atoms with E-state index in [-0.39, 0.29) is 12.5 Å². The molecule has 0 rings (SSSR count). The Bertz CT molecular complexity index is 1130. The standard InChI is InChI=1S/C69H142N4O4/c1-5-9-13-17-21-25-27-31-34-41-51-65(50-40-33-29-23-19-15-11-7-3)52-42-37-38-46-56-72(62-67(74)60-70)58-48-49-59-73(63-68(75)61-71)57-47-39-45-55-69(76)77-64-66(53-43-35-30-24-20-16-12-8-4)54-44-36-32-28-26-22-18-14-10-6-2/h65-68,74-75H,5-64,70-71H2,1-4H3. The lowest BCUT2D eigenvalue weighted by molar-refractivity contribution is -0.145. The highest BCUT2D eigenvalue weighted by atomic mass is 16.5. The van der Waals surface area contributed by atoms with Gasteiger partial charge in [-0.2, -0.15) is 0 Å². The zero-order valence-corrected chi connectivity index (χ0v) is 53.0. The monoisotopic (exact) mass is 1090 g/mol. The SMILES string of the molecule is CCCCCCCCCCCCC(CCCCCCCCCC)CCCCCCN(CCCCN(CCCCCC(=O)OCC(CCCCCCCCCC)CCCCCCCCCCCC)CC(O)CN)CC(O)CN. The third-order valence-corrected chi connectivity index (χ3v) is 17.2. The van der Waals surface area contributed by atoms with Crippen molar-refractivity contribution in [3.8, 4) is 0 Å². The number of unbranched alkanes of at least 4 members (excludes halogenated alkanes) is 38. The van der Waals surface area contributed by atoms with E-state index >= 15 is 0 Å². The summed E-state index contributed by atoms with van der Waals surface area (Å²) in [6, 6.07) is 0. The molecular weight excluding hydrogens is 949 g/mol. The van der Waals surface area contributed by atoms with E-state index in [0.29, 0.717) is 38.6 Å². The molecule has 0 fully saturated rings. The molecule has 0 saturated carbocycles. The summed E-state index contributed by atoms with van der Waals surface area (Å²) in [4.78, 5) is 17.8. The summed E-state index contributed by atoms with van der Waals surface area (Å²) in [6.07, 6.45) is 66.0. The number of esters is 1. The summed E-state index contributed by atoms with van der Waals surface area (Å²) in [5.41, 5.74) is 11.8. The topological polar surface area (TPSA) is 125 Å². The minimum absolute atomic E-state index is 0.0264. The third-order valence-electron chi connectivity index (χ3n) is 17.2. The van der Waals surface area contributed by atoms with E-state index in [2.05, 4.69) is 37.5 Å². The number of aliphatic hydroxyl groups is 2. The molecule has 0 aliphatic rings. The smallest absolute Gasteiger partial charge is 0.305 e. The fraction of sp³-hybridized carbons (Fsp3) is 0.986. The van der Waals surface area contributed by atoms with Crippen molar-refractivity contribution in [2.45, 2.75) is 367 Å². The zero-order valence-electron chi connectivity index (χ0n) is 53.0. The molecule has 0 bridgehead atoms. The van der Waals surface area contributed by atoms with Crippen LogP contribution in [-0.4, -0.2) is 97.2 Å². The van der Waals surface area contributed by atoms with Crippen LogP contribution >= 0.6 is 0 Å². The van der Waals surface area contributed by atoms with Gasteiger partial charge < -0.3 is 36.2 Å². The van der Waals surface area contributed by atoms with Crippen LogP contribution in [0.4, 0.5) is 0 Å². The number of aliphatic hydroxyl groups excluding tert-OH is 2. The van der Waals surface area contributed by atoms with E-state index in [1.165, 1.54) is 289 Å². The first kappa shape index (κ1) is 76.2. The van der Waals surface area contributed by atoms with Gasteiger partial charge in [-0.1, -0.05) is 304 Å². The fourth-order valence-electron chi connectivity index (χ4n) is 11.9. The van der Waals surface area contributed by atoms with Crippen molar-refractivity contribution < 1.29 is 19.7 Å². The molecule has 4 unspecified atom stereocenters. The fourth-order valence-corrected chi connectivity index (χ4v) is 11.9. The predicted molar refractivity (Wildman–Crippen MR) is 339 cm³/mol. The number of hydrogen-bond donors (Lipinski definition) is 4. The van der Waals surface area contributed by atoms with Gasteiger partial charge in [0.15, 0.2) is 0 Å². The molecule has 0 heterocycles. The van der Waals surface area contributed by atoms with Crippen LogP contribution in [0.1, 0.15) is 355 Å². The van der Waals surface area contributed by atoms with E-state index in [1.54, 1.807) is 0 Å². The molecule has 0 aromatic rings. The molecule has 0 saturated heterocycles. The van der Waals surface area contributed by atoms with Crippen molar-refractivity contribution in [3.05, 3.63) is 0 Å². The Morgan fingerprint density at radius 3 is 0.857 bits per heavy atom. The molecule has 0 spiro atoms. The maximum absolute atomic E-state index is 13.0. The van der Waals surface area contributed by atoms with Crippen molar-refractivity contribution in [1.29, 1.82) is 0 Å². The van der Waals surface area contributed by atoms with Gasteiger partial charge in [0, 0.05) is 32.6 Å². The molecule has 0 aromatic carbocycles. The van der Waals surface area contributed by atoms with Gasteiger partial charge in [-0.15, -0.1) is 0 Å². The highest BCUT2D eigenvalue weighted by molar-refractivity contribution is 5.69. The Hall–Kier alpha value is -0.770. The normalized spacial score (nSPS) is 13.5. The van der Waals surface area contributed by atoms with E-state index in [4.69, 9.17) is 16.2 Å². The quantitative estimate of drug-likeness (QED) is 0.0351. The van der Waals surface area contributed by atoms with Crippen LogP contribution < -0.4 is 11.5 Å². The van der Waals surface area contributed by atoms with E-state index in [0.717, 1.165) is 64.2 Å². The van der Waals surface area contributed by atoms with Gasteiger partial charge in [0.25, 0.3) is 0 Å². The van der Waals surface area contributed by atoms with Gasteiger partial charge in [0.2, 0.25) is 0 Å². The number of nitrogens with two attached hydrogens (primary N) is 2. The van der Waals surface area contributed by atoms with Crippen LogP contribution in [0.2, 0.25) is 0 Å². The zero-order chi connectivity index (χ0) is 56.2. The lowest BCUT2D eigenvalue weighted by Crippen LogP contribution is -2.39. The van der Waals surface area contributed by atoms with Gasteiger partial charge in [0.1, 0.15) is 0 Å². The molecule has 8 heteroatoms. The Morgan fingerprint density at radius 2 is 0.571 bits per heavy atom. The Kier molecular flexibility index (Phi) is 62.2. The second kappa shape index (κ2) is 62.8. The first-order valence-corrected chi connectivity index (χ1v) is 35.2. The molecule has 6 N–H and O–H groups in total. The van der Waals surface area contributed by atoms with E-state index < -0.39 is 12.2 Å². The molecule has 0 radical (unpaired) electrons. The summed E-state index contributed by atoms with van der Waals surface area (Å²) < 4.78 is 5.97. The van der Waals surface area contributed by atoms with Gasteiger partial charge in [-0.25, -0.2) is 0 Å². The number of ether oxygens (including phenoxy) is 1. The number of rotatable bonds is 66. The highest BCUT2D eigenvalue weighted by Gasteiger charge is 2.16. The van der Waals surface area contributed by atoms with Gasteiger partial charge in [-0.05, 0) is 83.0 Å². The molecular formula is C69H142N4O4. The number of carbonyl (C=O) groups is 1. The van der Waals surface area contributed by atoms with Gasteiger partial charge in [0.05, 0.1) is 18.8 Å². The maximum Gasteiger partial charge on any atom is 0.305 e. The lowest BCUT2D eigenvalue weighted by Gasteiger charge is -2.27. The lowest BCUT2D eigenvalue weighted by atomic mass is 9.89. The van der Waals surface area contributed by atoms with Crippen molar-refractivity contribution >= 4 is 5.97 Å². The van der Waals surface area contributed by atoms with E-state index in [9.17, 15) is 15.0 Å². The average Bonchev–Trinajstić information content (AvgIpc) is 3.43. The number of nitrogens with zero attached hydrogens (tertiary/aromatic N) is 2. The summed E-state index contributed by atoms with van der Waals surface area (Å²) in [5, 5.41) is 21.1. The second-order valence-corrected chi connectivity index (χ2v) is 25.0. The van der Waals surface area contributed by atoms with Crippen LogP contribution in [-0.2, 0) is 9.53 Å². The average molecular weight is 1090 g/mol. The van der Waals surface area contributed by atoms with Crippen LogP contribution in [0.3, 0.4) is 0 Å². The minimum Gasteiger partial charge on any atom is -0.465 e. The third kappa shape index (κ3) is 56.9. The molecule has 77 heavy (non-hydrogen) atoms. The summed E-state index contributed by atoms with van der Waals surface area (Å²) >= 11 is 0. The molecule has 0 amide bonds. The van der Waals surface area contributed by atoms with Gasteiger partial charge >= 0.3 is 5.97 Å². The molecule has 4 atom stereocenters. The Morgan fingerprint density at radius 1 is 0.338 bits per heavy atom. The summed E-state index contributed by atoms with van der Waals surface area (Å²) in [6.45, 7) is 15.4. The Labute approximate surface area is 483 Å². The van der Waals surface area contributed by atoms with Crippen molar-refractivity contribution in [3.63, 3.8) is 0 Å². The van der Waals surface area contributed by atoms with Crippen LogP contribution in [0, 0.1) is 11.8 Å². The first-order valence-electron chi connectivity index (χ1n) is 35.2. The first-order chi connectivity index (χ1) is 37.8. The molecule has 8 nitrogen and oxygen atoms in total. The van der Waals surface area contributed by atoms with Crippen molar-refractivity contribution in [2.75, 3.05) is 59.0 Å². The van der Waals surface area contributed by atoms with Crippen LogP contribution in [0.25, 0.3) is 0 Å². The molecule has 462 valence electrons. The van der Waals surface area contributed by atoms with Crippen molar-refractivity contribution in [1.82, 2.24) is 9.80 Å². The molecule has 0 aliphatic carbocycles. The van der Waals surface area contributed by atoms with E-state index in [1.807, 2.05) is 0 Å². The molecule has 0 aromatic heterocycles. The maximum atomic E-state index is 13.0.